The Morgan fingerprint density at radius 3 is 2.08 bits per heavy atom. The number of pyridine rings is 2. The Bertz CT molecular complexity index is 803. The summed E-state index contributed by atoms with van der Waals surface area (Å²) in [7, 11) is 0. The van der Waals surface area contributed by atoms with Crippen molar-refractivity contribution in [1.29, 1.82) is 0 Å². The summed E-state index contributed by atoms with van der Waals surface area (Å²) in [5.74, 6) is -3.04. The number of anilines is 1. The zero-order chi connectivity index (χ0) is 18.0. The Kier molecular flexibility index (Phi) is 4.55. The van der Waals surface area contributed by atoms with Crippen LogP contribution in [0.5, 0.6) is 0 Å². The first-order chi connectivity index (χ1) is 12.0. The van der Waals surface area contributed by atoms with Gasteiger partial charge in [-0.05, 0) is 6.07 Å². The summed E-state index contributed by atoms with van der Waals surface area (Å²) in [4.78, 5) is 33.7. The summed E-state index contributed by atoms with van der Waals surface area (Å²) in [6, 6.07) is 1.26. The summed E-state index contributed by atoms with van der Waals surface area (Å²) in [5.41, 5.74) is -0.0725. The highest BCUT2D eigenvalue weighted by atomic mass is 19.1. The van der Waals surface area contributed by atoms with E-state index in [1.807, 2.05) is 0 Å². The first kappa shape index (κ1) is 16.7. The van der Waals surface area contributed by atoms with Crippen LogP contribution in [0.1, 0.15) is 20.7 Å². The number of aromatic nitrogens is 2. The molecule has 2 aromatic rings. The molecule has 0 aromatic carbocycles. The van der Waals surface area contributed by atoms with Crippen LogP contribution >= 0.6 is 0 Å². The Balaban J connectivity index is 1.71. The van der Waals surface area contributed by atoms with E-state index >= 15 is 0 Å². The number of carboxylic acids is 1. The van der Waals surface area contributed by atoms with Crippen molar-refractivity contribution in [2.24, 2.45) is 0 Å². The topological polar surface area (TPSA) is 86.6 Å². The molecule has 9 heteroatoms. The van der Waals surface area contributed by atoms with Crippen molar-refractivity contribution in [3.05, 3.63) is 53.6 Å². The smallest absolute Gasteiger partial charge is 0.337 e. The van der Waals surface area contributed by atoms with Crippen LogP contribution in [0.25, 0.3) is 0 Å². The highest BCUT2D eigenvalue weighted by Gasteiger charge is 2.26. The van der Waals surface area contributed by atoms with Gasteiger partial charge < -0.3 is 14.9 Å². The quantitative estimate of drug-likeness (QED) is 0.903. The molecule has 0 spiro atoms. The summed E-state index contributed by atoms with van der Waals surface area (Å²) >= 11 is 0. The number of amides is 1. The van der Waals surface area contributed by atoms with Crippen molar-refractivity contribution >= 4 is 17.6 Å². The SMILES string of the molecule is O=C(O)c1cncc(C(=O)N2CCN(c3c(F)cncc3F)CC2)c1. The van der Waals surface area contributed by atoms with E-state index in [0.717, 1.165) is 18.6 Å². The van der Waals surface area contributed by atoms with Gasteiger partial charge in [0.25, 0.3) is 5.91 Å². The Hall–Kier alpha value is -3.10. The molecule has 1 aliphatic rings. The second-order valence-corrected chi connectivity index (χ2v) is 5.50. The third-order valence-corrected chi connectivity index (χ3v) is 3.94. The van der Waals surface area contributed by atoms with E-state index in [2.05, 4.69) is 9.97 Å². The van der Waals surface area contributed by atoms with Crippen molar-refractivity contribution in [3.63, 3.8) is 0 Å². The minimum atomic E-state index is -1.17. The summed E-state index contributed by atoms with van der Waals surface area (Å²) in [6.45, 7) is 0.986. The van der Waals surface area contributed by atoms with Gasteiger partial charge in [-0.25, -0.2) is 13.6 Å². The molecule has 3 heterocycles. The van der Waals surface area contributed by atoms with Gasteiger partial charge in [-0.3, -0.25) is 14.8 Å². The minimum absolute atomic E-state index is 0.0783. The second-order valence-electron chi connectivity index (χ2n) is 5.50. The molecular weight excluding hydrogens is 334 g/mol. The van der Waals surface area contributed by atoms with Crippen LogP contribution in [0.3, 0.4) is 0 Å². The lowest BCUT2D eigenvalue weighted by Gasteiger charge is -2.36. The van der Waals surface area contributed by atoms with Crippen LogP contribution in [0, 0.1) is 11.6 Å². The normalized spacial score (nSPS) is 14.5. The van der Waals surface area contributed by atoms with Crippen molar-refractivity contribution in [2.75, 3.05) is 31.1 Å². The van der Waals surface area contributed by atoms with Crippen molar-refractivity contribution in [2.45, 2.75) is 0 Å². The molecule has 0 aliphatic carbocycles. The molecule has 2 aromatic heterocycles. The standard InChI is InChI=1S/C16H14F2N4O3/c17-12-8-20-9-13(18)14(12)21-1-3-22(4-2-21)15(23)10-5-11(16(24)25)7-19-6-10/h5-9H,1-4H2,(H,24,25). The van der Waals surface area contributed by atoms with Gasteiger partial charge in [0.2, 0.25) is 0 Å². The van der Waals surface area contributed by atoms with E-state index in [1.54, 1.807) is 0 Å². The number of halogens is 2. The van der Waals surface area contributed by atoms with Gasteiger partial charge in [0.05, 0.1) is 23.5 Å². The van der Waals surface area contributed by atoms with Crippen molar-refractivity contribution in [1.82, 2.24) is 14.9 Å². The summed E-state index contributed by atoms with van der Waals surface area (Å²) < 4.78 is 27.6. The number of carbonyl (C=O) groups is 2. The molecule has 0 atom stereocenters. The van der Waals surface area contributed by atoms with Crippen LogP contribution < -0.4 is 4.90 Å². The van der Waals surface area contributed by atoms with Crippen molar-refractivity contribution in [3.8, 4) is 0 Å². The Morgan fingerprint density at radius 2 is 1.48 bits per heavy atom. The van der Waals surface area contributed by atoms with Crippen LogP contribution in [-0.4, -0.2) is 58.0 Å². The maximum atomic E-state index is 13.8. The number of hydrogen-bond donors (Lipinski definition) is 1. The lowest BCUT2D eigenvalue weighted by Crippen LogP contribution is -2.49. The third kappa shape index (κ3) is 3.39. The maximum Gasteiger partial charge on any atom is 0.337 e. The molecule has 0 unspecified atom stereocenters. The number of rotatable bonds is 3. The van der Waals surface area contributed by atoms with Crippen molar-refractivity contribution < 1.29 is 23.5 Å². The highest BCUT2D eigenvalue weighted by molar-refractivity contribution is 5.97. The monoisotopic (exact) mass is 348 g/mol. The van der Waals surface area contributed by atoms with Gasteiger partial charge in [-0.15, -0.1) is 0 Å². The van der Waals surface area contributed by atoms with Gasteiger partial charge in [-0.1, -0.05) is 0 Å². The second kappa shape index (κ2) is 6.80. The molecule has 0 radical (unpaired) electrons. The molecule has 0 saturated carbocycles. The molecular formula is C16H14F2N4O3. The fourth-order valence-electron chi connectivity index (χ4n) is 2.70. The van der Waals surface area contributed by atoms with Gasteiger partial charge in [0.15, 0.2) is 11.6 Å². The van der Waals surface area contributed by atoms with E-state index < -0.39 is 17.6 Å². The van der Waals surface area contributed by atoms with Crippen LogP contribution in [0.2, 0.25) is 0 Å². The van der Waals surface area contributed by atoms with E-state index in [-0.39, 0.29) is 48.9 Å². The molecule has 1 aliphatic heterocycles. The largest absolute Gasteiger partial charge is 0.478 e. The lowest BCUT2D eigenvalue weighted by atomic mass is 10.1. The highest BCUT2D eigenvalue weighted by Crippen LogP contribution is 2.23. The predicted octanol–water partition coefficient (Wildman–Crippen LogP) is 1.42. The number of piperazine rings is 1. The average Bonchev–Trinajstić information content (AvgIpc) is 2.61. The van der Waals surface area contributed by atoms with Crippen LogP contribution in [-0.2, 0) is 0 Å². The summed E-state index contributed by atoms with van der Waals surface area (Å²) in [6.07, 6.45) is 4.34. The zero-order valence-corrected chi connectivity index (χ0v) is 13.0. The number of hydrogen-bond acceptors (Lipinski definition) is 5. The Morgan fingerprint density at radius 1 is 0.920 bits per heavy atom. The van der Waals surface area contributed by atoms with E-state index in [1.165, 1.54) is 22.1 Å². The van der Waals surface area contributed by atoms with E-state index in [4.69, 9.17) is 5.11 Å². The molecule has 25 heavy (non-hydrogen) atoms. The average molecular weight is 348 g/mol. The minimum Gasteiger partial charge on any atom is -0.478 e. The molecule has 0 bridgehead atoms. The fourth-order valence-corrected chi connectivity index (χ4v) is 2.70. The zero-order valence-electron chi connectivity index (χ0n) is 13.0. The number of carboxylic acid groups (broad SMARTS) is 1. The molecule has 1 saturated heterocycles. The van der Waals surface area contributed by atoms with Gasteiger partial charge >= 0.3 is 5.97 Å². The van der Waals surface area contributed by atoms with E-state index in [0.29, 0.717) is 0 Å². The molecule has 130 valence electrons. The number of aromatic carboxylic acids is 1. The maximum absolute atomic E-state index is 13.8. The van der Waals surface area contributed by atoms with Gasteiger partial charge in [0, 0.05) is 38.6 Å². The first-order valence-corrected chi connectivity index (χ1v) is 7.49. The number of carbonyl (C=O) groups excluding carboxylic acids is 1. The summed E-state index contributed by atoms with van der Waals surface area (Å²) in [5, 5.41) is 8.97. The number of nitrogens with zero attached hydrogens (tertiary/aromatic N) is 4. The first-order valence-electron chi connectivity index (χ1n) is 7.49. The fraction of sp³-hybridized carbons (Fsp3) is 0.250. The van der Waals surface area contributed by atoms with Crippen LogP contribution in [0.15, 0.2) is 30.9 Å². The molecule has 1 fully saturated rings. The molecule has 7 nitrogen and oxygen atoms in total. The molecule has 3 rings (SSSR count). The third-order valence-electron chi connectivity index (χ3n) is 3.94. The van der Waals surface area contributed by atoms with E-state index in [9.17, 15) is 18.4 Å². The molecule has 1 N–H and O–H groups in total. The van der Waals surface area contributed by atoms with Crippen LogP contribution in [0.4, 0.5) is 14.5 Å². The predicted molar refractivity (Wildman–Crippen MR) is 83.5 cm³/mol. The van der Waals surface area contributed by atoms with Gasteiger partial charge in [-0.2, -0.15) is 0 Å². The van der Waals surface area contributed by atoms with Gasteiger partial charge in [0.1, 0.15) is 5.69 Å². The molecule has 1 amide bonds. The Labute approximate surface area is 141 Å². The lowest BCUT2D eigenvalue weighted by molar-refractivity contribution is 0.0696.